The van der Waals surface area contributed by atoms with E-state index in [-0.39, 0.29) is 6.42 Å². The van der Waals surface area contributed by atoms with Crippen molar-refractivity contribution in [2.75, 3.05) is 19.6 Å². The van der Waals surface area contributed by atoms with Crippen molar-refractivity contribution in [1.82, 2.24) is 5.43 Å². The van der Waals surface area contributed by atoms with Crippen LogP contribution in [0.4, 0.5) is 5.69 Å². The maximum Gasteiger partial charge on any atom is 0.320 e. The number of carboxylic acid groups (broad SMARTS) is 1. The molecule has 0 fully saturated rings. The van der Waals surface area contributed by atoms with Crippen molar-refractivity contribution in [3.05, 3.63) is 18.2 Å². The minimum absolute atomic E-state index is 0.301. The van der Waals surface area contributed by atoms with Crippen LogP contribution in [0.1, 0.15) is 6.42 Å². The topological polar surface area (TPSA) is 146 Å². The maximum atomic E-state index is 10.6. The Hall–Kier alpha value is -2.07. The Morgan fingerprint density at radius 3 is 2.55 bits per heavy atom. The van der Waals surface area contributed by atoms with Crippen molar-refractivity contribution < 1.29 is 29.6 Å². The van der Waals surface area contributed by atoms with Crippen molar-refractivity contribution in [2.45, 2.75) is 24.8 Å². The summed E-state index contributed by atoms with van der Waals surface area (Å²) in [4.78, 5) is 10.6. The Morgan fingerprint density at radius 2 is 2.00 bits per heavy atom. The third-order valence-electron chi connectivity index (χ3n) is 2.94. The zero-order chi connectivity index (χ0) is 16.7. The first kappa shape index (κ1) is 18.0. The molecule has 0 spiro atoms. The number of nitrogens with one attached hydrogen (secondary N) is 2. The van der Waals surface area contributed by atoms with E-state index in [1.54, 1.807) is 18.2 Å². The Balaban J connectivity index is 2.59. The monoisotopic (exact) mass is 315 g/mol. The van der Waals surface area contributed by atoms with E-state index >= 15 is 0 Å². The van der Waals surface area contributed by atoms with Gasteiger partial charge >= 0.3 is 5.97 Å². The first-order valence-electron chi connectivity index (χ1n) is 6.47. The number of aliphatic hydroxyl groups is 2. The smallest absolute Gasteiger partial charge is 0.320 e. The molecule has 22 heavy (non-hydrogen) atoms. The standard InChI is InChI=1S/C13H21N3O6/c1-21-7-3-4-9(11(5-7)22-2)15-16-12(18)10(17)6-8(14)13(19)20/h3-5,8,10,12,15-18H,6,14H2,1-2H3,(H,19,20). The van der Waals surface area contributed by atoms with Crippen molar-refractivity contribution in [1.29, 1.82) is 0 Å². The van der Waals surface area contributed by atoms with Crippen LogP contribution in [0.15, 0.2) is 18.2 Å². The molecule has 0 aliphatic carbocycles. The molecule has 0 bridgehead atoms. The summed E-state index contributed by atoms with van der Waals surface area (Å²) in [6, 6.07) is 3.69. The molecule has 1 rings (SSSR count). The normalized spacial score (nSPS) is 14.8. The van der Waals surface area contributed by atoms with Crippen LogP contribution in [0.3, 0.4) is 0 Å². The predicted molar refractivity (Wildman–Crippen MR) is 78.5 cm³/mol. The lowest BCUT2D eigenvalue weighted by Crippen LogP contribution is -2.46. The molecule has 1 aromatic carbocycles. The largest absolute Gasteiger partial charge is 0.497 e. The quantitative estimate of drug-likeness (QED) is 0.252. The van der Waals surface area contributed by atoms with E-state index < -0.39 is 24.3 Å². The molecule has 1 aromatic rings. The summed E-state index contributed by atoms with van der Waals surface area (Å²) in [5.41, 5.74) is 10.9. The van der Waals surface area contributed by atoms with Gasteiger partial charge in [0.25, 0.3) is 0 Å². The van der Waals surface area contributed by atoms with Crippen molar-refractivity contribution in [3.8, 4) is 11.5 Å². The van der Waals surface area contributed by atoms with Gasteiger partial charge < -0.3 is 36.0 Å². The van der Waals surface area contributed by atoms with E-state index in [1.165, 1.54) is 14.2 Å². The molecule has 0 saturated carbocycles. The van der Waals surface area contributed by atoms with E-state index in [0.29, 0.717) is 17.2 Å². The van der Waals surface area contributed by atoms with Crippen LogP contribution in [0.5, 0.6) is 11.5 Å². The van der Waals surface area contributed by atoms with Gasteiger partial charge in [-0.1, -0.05) is 0 Å². The van der Waals surface area contributed by atoms with Crippen LogP contribution < -0.4 is 26.1 Å². The highest BCUT2D eigenvalue weighted by Gasteiger charge is 2.23. The second-order valence-electron chi connectivity index (χ2n) is 4.53. The molecule has 0 heterocycles. The second-order valence-corrected chi connectivity index (χ2v) is 4.53. The number of nitrogens with two attached hydrogens (primary N) is 1. The number of aliphatic carboxylic acids is 1. The van der Waals surface area contributed by atoms with E-state index in [1.807, 2.05) is 0 Å². The Bertz CT molecular complexity index is 499. The van der Waals surface area contributed by atoms with Crippen LogP contribution >= 0.6 is 0 Å². The van der Waals surface area contributed by atoms with Gasteiger partial charge in [0, 0.05) is 12.5 Å². The van der Waals surface area contributed by atoms with Gasteiger partial charge in [-0.2, -0.15) is 0 Å². The Kier molecular flexibility index (Phi) is 6.86. The fraction of sp³-hybridized carbons (Fsp3) is 0.462. The molecular weight excluding hydrogens is 294 g/mol. The lowest BCUT2D eigenvalue weighted by molar-refractivity contribution is -0.139. The average molecular weight is 315 g/mol. The van der Waals surface area contributed by atoms with E-state index in [0.717, 1.165) is 0 Å². The van der Waals surface area contributed by atoms with Crippen molar-refractivity contribution in [2.24, 2.45) is 5.73 Å². The first-order chi connectivity index (χ1) is 10.4. The summed E-state index contributed by atoms with van der Waals surface area (Å²) >= 11 is 0. The molecule has 3 unspecified atom stereocenters. The first-order valence-corrected chi connectivity index (χ1v) is 6.47. The fourth-order valence-electron chi connectivity index (χ4n) is 1.64. The highest BCUT2D eigenvalue weighted by atomic mass is 16.5. The van der Waals surface area contributed by atoms with E-state index in [2.05, 4.69) is 10.9 Å². The number of hydrazine groups is 1. The molecule has 0 aliphatic rings. The molecule has 0 saturated heterocycles. The van der Waals surface area contributed by atoms with Crippen LogP contribution in [-0.2, 0) is 4.79 Å². The van der Waals surface area contributed by atoms with Gasteiger partial charge in [-0.3, -0.25) is 4.79 Å². The number of methoxy groups -OCH3 is 2. The molecule has 3 atom stereocenters. The molecule has 124 valence electrons. The zero-order valence-corrected chi connectivity index (χ0v) is 12.3. The third-order valence-corrected chi connectivity index (χ3v) is 2.94. The molecule has 0 amide bonds. The number of hydrogen-bond acceptors (Lipinski definition) is 8. The summed E-state index contributed by atoms with van der Waals surface area (Å²) < 4.78 is 10.2. The Morgan fingerprint density at radius 1 is 1.32 bits per heavy atom. The summed E-state index contributed by atoms with van der Waals surface area (Å²) in [5, 5.41) is 28.1. The molecule has 9 heteroatoms. The van der Waals surface area contributed by atoms with E-state index in [9.17, 15) is 15.0 Å². The average Bonchev–Trinajstić information content (AvgIpc) is 2.51. The highest BCUT2D eigenvalue weighted by Crippen LogP contribution is 2.28. The summed E-state index contributed by atoms with van der Waals surface area (Å²) in [5.74, 6) is -0.206. The maximum absolute atomic E-state index is 10.6. The van der Waals surface area contributed by atoms with Gasteiger partial charge in [-0.15, -0.1) is 0 Å². The van der Waals surface area contributed by atoms with Crippen LogP contribution in [0.25, 0.3) is 0 Å². The summed E-state index contributed by atoms with van der Waals surface area (Å²) in [6.07, 6.45) is -3.08. The number of rotatable bonds is 9. The van der Waals surface area contributed by atoms with Gasteiger partial charge in [0.05, 0.1) is 26.0 Å². The van der Waals surface area contributed by atoms with Gasteiger partial charge in [-0.25, -0.2) is 5.43 Å². The minimum Gasteiger partial charge on any atom is -0.497 e. The molecule has 0 aromatic heterocycles. The number of carbonyl (C=O) groups is 1. The van der Waals surface area contributed by atoms with Crippen molar-refractivity contribution >= 4 is 11.7 Å². The summed E-state index contributed by atoms with van der Waals surface area (Å²) in [6.45, 7) is 0. The van der Waals surface area contributed by atoms with Gasteiger partial charge in [0.15, 0.2) is 0 Å². The number of carboxylic acids is 1. The lowest BCUT2D eigenvalue weighted by Gasteiger charge is -2.22. The highest BCUT2D eigenvalue weighted by molar-refractivity contribution is 5.73. The lowest BCUT2D eigenvalue weighted by atomic mass is 10.1. The number of benzene rings is 1. The van der Waals surface area contributed by atoms with E-state index in [4.69, 9.17) is 20.3 Å². The van der Waals surface area contributed by atoms with Gasteiger partial charge in [0.2, 0.25) is 0 Å². The summed E-state index contributed by atoms with van der Waals surface area (Å²) in [7, 11) is 2.99. The van der Waals surface area contributed by atoms with Gasteiger partial charge in [0.1, 0.15) is 23.8 Å². The van der Waals surface area contributed by atoms with Crippen LogP contribution in [0, 0.1) is 0 Å². The number of ether oxygens (including phenoxy) is 2. The SMILES string of the molecule is COc1ccc(NNC(O)C(O)CC(N)C(=O)O)c(OC)c1. The minimum atomic E-state index is -1.42. The molecular formula is C13H21N3O6. The predicted octanol–water partition coefficient (Wildman–Crippen LogP) is -0.898. The van der Waals surface area contributed by atoms with Crippen LogP contribution in [-0.4, -0.2) is 53.9 Å². The molecule has 9 nitrogen and oxygen atoms in total. The second kappa shape index (κ2) is 8.39. The molecule has 0 radical (unpaired) electrons. The van der Waals surface area contributed by atoms with Crippen molar-refractivity contribution in [3.63, 3.8) is 0 Å². The number of hydrogen-bond donors (Lipinski definition) is 6. The van der Waals surface area contributed by atoms with Gasteiger partial charge in [-0.05, 0) is 12.1 Å². The molecule has 0 aliphatic heterocycles. The third kappa shape index (κ3) is 5.04. The van der Waals surface area contributed by atoms with Crippen LogP contribution in [0.2, 0.25) is 0 Å². The Labute approximate surface area is 127 Å². The molecule has 7 N–H and O–H groups in total. The zero-order valence-electron chi connectivity index (χ0n) is 12.3. The fourth-order valence-corrected chi connectivity index (χ4v) is 1.64. The number of anilines is 1. The number of aliphatic hydroxyl groups excluding tert-OH is 2.